The van der Waals surface area contributed by atoms with Crippen molar-refractivity contribution in [3.8, 4) is 5.75 Å². The van der Waals surface area contributed by atoms with Gasteiger partial charge in [0, 0.05) is 6.54 Å². The largest absolute Gasteiger partial charge is 0.491 e. The van der Waals surface area contributed by atoms with Gasteiger partial charge in [-0.15, -0.1) is 0 Å². The van der Waals surface area contributed by atoms with Crippen molar-refractivity contribution < 1.29 is 9.84 Å². The Kier molecular flexibility index (Phi) is 4.99. The first-order chi connectivity index (χ1) is 9.61. The van der Waals surface area contributed by atoms with E-state index in [1.807, 2.05) is 30.3 Å². The smallest absolute Gasteiger partial charge is 0.120 e. The van der Waals surface area contributed by atoms with Crippen molar-refractivity contribution in [2.45, 2.75) is 25.9 Å². The highest BCUT2D eigenvalue weighted by Crippen LogP contribution is 2.21. The van der Waals surface area contributed by atoms with Gasteiger partial charge in [-0.1, -0.05) is 37.3 Å². The van der Waals surface area contributed by atoms with Crippen molar-refractivity contribution in [1.29, 1.82) is 0 Å². The molecule has 0 radical (unpaired) electrons. The van der Waals surface area contributed by atoms with E-state index < -0.39 is 5.60 Å². The Bertz CT molecular complexity index is 551. The third kappa shape index (κ3) is 4.22. The molecule has 1 atom stereocenters. The minimum absolute atomic E-state index is 0.280. The van der Waals surface area contributed by atoms with Gasteiger partial charge in [0.2, 0.25) is 0 Å². The first kappa shape index (κ1) is 14.8. The van der Waals surface area contributed by atoms with Crippen LogP contribution in [0.1, 0.15) is 20.3 Å². The van der Waals surface area contributed by atoms with Gasteiger partial charge in [-0.2, -0.15) is 0 Å². The Hall–Kier alpha value is -1.58. The SMILES string of the molecule is CCCNCC(C)(O)COc1ccc2ccccc2c1. The van der Waals surface area contributed by atoms with Crippen LogP contribution in [0.2, 0.25) is 0 Å². The zero-order chi connectivity index (χ0) is 14.4. The molecule has 3 heteroatoms. The van der Waals surface area contributed by atoms with Gasteiger partial charge in [-0.25, -0.2) is 0 Å². The predicted octanol–water partition coefficient (Wildman–Crippen LogP) is 2.97. The number of hydrogen-bond donors (Lipinski definition) is 2. The van der Waals surface area contributed by atoms with Gasteiger partial charge in [0.25, 0.3) is 0 Å². The van der Waals surface area contributed by atoms with Crippen molar-refractivity contribution in [3.05, 3.63) is 42.5 Å². The first-order valence-electron chi connectivity index (χ1n) is 7.15. The Morgan fingerprint density at radius 1 is 1.15 bits per heavy atom. The third-order valence-electron chi connectivity index (χ3n) is 3.20. The summed E-state index contributed by atoms with van der Waals surface area (Å²) in [6.07, 6.45) is 1.06. The minimum atomic E-state index is -0.860. The molecule has 0 amide bonds. The number of benzene rings is 2. The maximum atomic E-state index is 10.2. The molecule has 0 aliphatic carbocycles. The van der Waals surface area contributed by atoms with Crippen molar-refractivity contribution in [3.63, 3.8) is 0 Å². The zero-order valence-electron chi connectivity index (χ0n) is 12.2. The van der Waals surface area contributed by atoms with E-state index in [-0.39, 0.29) is 6.61 Å². The normalized spacial score (nSPS) is 14.2. The van der Waals surface area contributed by atoms with Gasteiger partial charge >= 0.3 is 0 Å². The van der Waals surface area contributed by atoms with Crippen molar-refractivity contribution in [2.75, 3.05) is 19.7 Å². The molecule has 20 heavy (non-hydrogen) atoms. The lowest BCUT2D eigenvalue weighted by Gasteiger charge is -2.24. The van der Waals surface area contributed by atoms with Gasteiger partial charge < -0.3 is 15.2 Å². The average molecular weight is 273 g/mol. The second kappa shape index (κ2) is 6.73. The van der Waals surface area contributed by atoms with E-state index in [4.69, 9.17) is 4.74 Å². The van der Waals surface area contributed by atoms with E-state index in [1.165, 1.54) is 5.39 Å². The maximum absolute atomic E-state index is 10.2. The van der Waals surface area contributed by atoms with E-state index in [1.54, 1.807) is 6.92 Å². The molecule has 2 N–H and O–H groups in total. The Morgan fingerprint density at radius 3 is 2.65 bits per heavy atom. The van der Waals surface area contributed by atoms with Crippen LogP contribution in [0.5, 0.6) is 5.75 Å². The molecule has 3 nitrogen and oxygen atoms in total. The fraction of sp³-hybridized carbons (Fsp3) is 0.412. The van der Waals surface area contributed by atoms with E-state index in [9.17, 15) is 5.11 Å². The summed E-state index contributed by atoms with van der Waals surface area (Å²) in [7, 11) is 0. The van der Waals surface area contributed by atoms with Crippen LogP contribution in [0.3, 0.4) is 0 Å². The molecule has 108 valence electrons. The molecule has 2 rings (SSSR count). The van der Waals surface area contributed by atoms with Gasteiger partial charge in [-0.05, 0) is 42.8 Å². The summed E-state index contributed by atoms with van der Waals surface area (Å²) in [4.78, 5) is 0. The molecule has 0 aliphatic heterocycles. The second-order valence-corrected chi connectivity index (χ2v) is 5.47. The second-order valence-electron chi connectivity index (χ2n) is 5.47. The summed E-state index contributed by atoms with van der Waals surface area (Å²) in [6.45, 7) is 5.62. The van der Waals surface area contributed by atoms with Crippen LogP contribution in [0.25, 0.3) is 10.8 Å². The fourth-order valence-electron chi connectivity index (χ4n) is 2.08. The van der Waals surface area contributed by atoms with E-state index >= 15 is 0 Å². The summed E-state index contributed by atoms with van der Waals surface area (Å²) < 4.78 is 5.72. The first-order valence-corrected chi connectivity index (χ1v) is 7.15. The van der Waals surface area contributed by atoms with Gasteiger partial charge in [0.05, 0.1) is 0 Å². The summed E-state index contributed by atoms with van der Waals surface area (Å²) in [5.74, 6) is 0.791. The van der Waals surface area contributed by atoms with Gasteiger partial charge in [0.15, 0.2) is 0 Å². The van der Waals surface area contributed by atoms with Crippen LogP contribution < -0.4 is 10.1 Å². The van der Waals surface area contributed by atoms with Crippen molar-refractivity contribution >= 4 is 10.8 Å². The zero-order valence-corrected chi connectivity index (χ0v) is 12.2. The molecule has 0 saturated carbocycles. The number of fused-ring (bicyclic) bond motifs is 1. The van der Waals surface area contributed by atoms with Crippen LogP contribution in [-0.2, 0) is 0 Å². The quantitative estimate of drug-likeness (QED) is 0.762. The number of nitrogens with one attached hydrogen (secondary N) is 1. The predicted molar refractivity (Wildman–Crippen MR) is 83.2 cm³/mol. The average Bonchev–Trinajstić information content (AvgIpc) is 2.45. The summed E-state index contributed by atoms with van der Waals surface area (Å²) in [5, 5.41) is 15.8. The lowest BCUT2D eigenvalue weighted by atomic mass is 10.1. The van der Waals surface area contributed by atoms with E-state index in [0.29, 0.717) is 6.54 Å². The number of rotatable bonds is 7. The third-order valence-corrected chi connectivity index (χ3v) is 3.20. The molecule has 0 aromatic heterocycles. The van der Waals surface area contributed by atoms with Crippen molar-refractivity contribution in [1.82, 2.24) is 5.32 Å². The van der Waals surface area contributed by atoms with E-state index in [2.05, 4.69) is 24.4 Å². The van der Waals surface area contributed by atoms with Crippen LogP contribution in [0.15, 0.2) is 42.5 Å². The van der Waals surface area contributed by atoms with Crippen LogP contribution in [-0.4, -0.2) is 30.4 Å². The fourth-order valence-corrected chi connectivity index (χ4v) is 2.08. The monoisotopic (exact) mass is 273 g/mol. The maximum Gasteiger partial charge on any atom is 0.120 e. The summed E-state index contributed by atoms with van der Waals surface area (Å²) >= 11 is 0. The molecule has 0 spiro atoms. The molecular formula is C17H23NO2. The highest BCUT2D eigenvalue weighted by Gasteiger charge is 2.20. The number of ether oxygens (including phenoxy) is 1. The Balaban J connectivity index is 1.94. The Morgan fingerprint density at radius 2 is 1.90 bits per heavy atom. The number of aliphatic hydroxyl groups is 1. The topological polar surface area (TPSA) is 41.5 Å². The molecule has 1 unspecified atom stereocenters. The molecule has 0 fully saturated rings. The van der Waals surface area contributed by atoms with Crippen molar-refractivity contribution in [2.24, 2.45) is 0 Å². The van der Waals surface area contributed by atoms with Crippen LogP contribution >= 0.6 is 0 Å². The lowest BCUT2D eigenvalue weighted by Crippen LogP contribution is -2.43. The molecular weight excluding hydrogens is 250 g/mol. The van der Waals surface area contributed by atoms with Gasteiger partial charge in [0.1, 0.15) is 18.0 Å². The molecule has 0 saturated heterocycles. The van der Waals surface area contributed by atoms with Crippen LogP contribution in [0.4, 0.5) is 0 Å². The highest BCUT2D eigenvalue weighted by atomic mass is 16.5. The molecule has 2 aromatic carbocycles. The summed E-state index contributed by atoms with van der Waals surface area (Å²) in [6, 6.07) is 14.1. The number of hydrogen-bond acceptors (Lipinski definition) is 3. The van der Waals surface area contributed by atoms with Crippen LogP contribution in [0, 0.1) is 0 Å². The molecule has 0 aliphatic rings. The van der Waals surface area contributed by atoms with Gasteiger partial charge in [-0.3, -0.25) is 0 Å². The highest BCUT2D eigenvalue weighted by molar-refractivity contribution is 5.83. The lowest BCUT2D eigenvalue weighted by molar-refractivity contribution is 0.0125. The molecule has 0 heterocycles. The van der Waals surface area contributed by atoms with E-state index in [0.717, 1.165) is 24.1 Å². The Labute approximate surface area is 120 Å². The summed E-state index contributed by atoms with van der Waals surface area (Å²) in [5.41, 5.74) is -0.860. The minimum Gasteiger partial charge on any atom is -0.491 e. The molecule has 2 aromatic rings. The molecule has 0 bridgehead atoms. The standard InChI is InChI=1S/C17H23NO2/c1-3-10-18-12-17(2,19)13-20-16-9-8-14-6-4-5-7-15(14)11-16/h4-9,11,18-19H,3,10,12-13H2,1-2H3.